The van der Waals surface area contributed by atoms with Crippen LogP contribution >= 0.6 is 0 Å². The summed E-state index contributed by atoms with van der Waals surface area (Å²) in [4.78, 5) is 0. The minimum absolute atomic E-state index is 0.00158. The first kappa shape index (κ1) is 21.5. The lowest BCUT2D eigenvalue weighted by Gasteiger charge is -2.28. The molecule has 2 fully saturated rings. The average Bonchev–Trinajstić information content (AvgIpc) is 3.45. The molecule has 1 aromatic heterocycles. The van der Waals surface area contributed by atoms with Gasteiger partial charge in [0.1, 0.15) is 6.10 Å². The van der Waals surface area contributed by atoms with Crippen molar-refractivity contribution in [3.63, 3.8) is 0 Å². The minimum Gasteiger partial charge on any atom is -0.490 e. The molecule has 5 rings (SSSR count). The number of hydrogen-bond acceptors (Lipinski definition) is 4. The smallest absolute Gasteiger partial charge is 0.208 e. The van der Waals surface area contributed by atoms with Crippen LogP contribution in [0.3, 0.4) is 0 Å². The molecule has 172 valence electrons. The predicted molar refractivity (Wildman–Crippen MR) is 119 cm³/mol. The molecule has 0 N–H and O–H groups in total. The normalized spacial score (nSPS) is 23.8. The van der Waals surface area contributed by atoms with E-state index in [0.29, 0.717) is 42.9 Å². The summed E-state index contributed by atoms with van der Waals surface area (Å²) in [5.41, 5.74) is 0.0196. The van der Waals surface area contributed by atoms with E-state index in [0.717, 1.165) is 18.8 Å². The Morgan fingerprint density at radius 1 is 0.875 bits per heavy atom. The van der Waals surface area contributed by atoms with E-state index in [1.165, 1.54) is 25.7 Å². The van der Waals surface area contributed by atoms with Crippen molar-refractivity contribution < 1.29 is 27.4 Å². The minimum atomic E-state index is -0.615. The standard InChI is InChI=1S/C26H30F2O4/c1-2-3-16-4-6-17(7-5-16)14-30-21-10-8-19-20-9-11-22(31-18-12-13-29-15-18)24(28)26(20)32-25(19)23(21)27/h8-11,16-18H,2-7,12-15H2,1H3. The number of rotatable bonds is 7. The molecule has 6 heteroatoms. The van der Waals surface area contributed by atoms with Gasteiger partial charge >= 0.3 is 0 Å². The third-order valence-corrected chi connectivity index (χ3v) is 6.94. The largest absolute Gasteiger partial charge is 0.490 e. The molecule has 1 saturated heterocycles. The summed E-state index contributed by atoms with van der Waals surface area (Å²) in [6.07, 6.45) is 7.76. The molecule has 0 spiro atoms. The summed E-state index contributed by atoms with van der Waals surface area (Å²) in [6.45, 7) is 3.77. The van der Waals surface area contributed by atoms with Crippen LogP contribution in [-0.4, -0.2) is 25.9 Å². The molecule has 3 aromatic rings. The Morgan fingerprint density at radius 2 is 1.53 bits per heavy atom. The van der Waals surface area contributed by atoms with Crippen molar-refractivity contribution in [1.29, 1.82) is 0 Å². The third kappa shape index (κ3) is 4.17. The Balaban J connectivity index is 1.34. The maximum atomic E-state index is 15.2. The maximum Gasteiger partial charge on any atom is 0.208 e. The lowest BCUT2D eigenvalue weighted by Crippen LogP contribution is -2.20. The van der Waals surface area contributed by atoms with Gasteiger partial charge in [-0.05, 0) is 48.9 Å². The molecule has 0 amide bonds. The van der Waals surface area contributed by atoms with Gasteiger partial charge in [0.2, 0.25) is 11.6 Å². The van der Waals surface area contributed by atoms with Gasteiger partial charge in [-0.3, -0.25) is 0 Å². The molecular formula is C26H30F2O4. The van der Waals surface area contributed by atoms with Crippen molar-refractivity contribution in [3.8, 4) is 11.5 Å². The Labute approximate surface area is 186 Å². The quantitative estimate of drug-likeness (QED) is 0.393. The molecule has 2 heterocycles. The Hall–Kier alpha value is -2.34. The van der Waals surface area contributed by atoms with E-state index in [4.69, 9.17) is 18.6 Å². The Morgan fingerprint density at radius 3 is 2.19 bits per heavy atom. The van der Waals surface area contributed by atoms with Crippen LogP contribution in [-0.2, 0) is 4.74 Å². The second-order valence-electron chi connectivity index (χ2n) is 9.20. The fourth-order valence-electron chi connectivity index (χ4n) is 5.09. The summed E-state index contributed by atoms with van der Waals surface area (Å²) < 4.78 is 52.8. The maximum absolute atomic E-state index is 15.2. The molecular weight excluding hydrogens is 414 g/mol. The molecule has 1 saturated carbocycles. The summed E-state index contributed by atoms with van der Waals surface area (Å²) in [7, 11) is 0. The second kappa shape index (κ2) is 9.26. The fourth-order valence-corrected chi connectivity index (χ4v) is 5.09. The van der Waals surface area contributed by atoms with Crippen LogP contribution in [0.15, 0.2) is 28.7 Å². The highest BCUT2D eigenvalue weighted by Gasteiger charge is 2.25. The van der Waals surface area contributed by atoms with Gasteiger partial charge in [-0.1, -0.05) is 32.6 Å². The first-order valence-electron chi connectivity index (χ1n) is 11.8. The average molecular weight is 445 g/mol. The highest BCUT2D eigenvalue weighted by Crippen LogP contribution is 2.39. The van der Waals surface area contributed by atoms with Gasteiger partial charge in [0.25, 0.3) is 0 Å². The molecule has 1 atom stereocenters. The van der Waals surface area contributed by atoms with E-state index in [2.05, 4.69) is 6.92 Å². The summed E-state index contributed by atoms with van der Waals surface area (Å²) in [6, 6.07) is 6.64. The second-order valence-corrected chi connectivity index (χ2v) is 9.20. The zero-order chi connectivity index (χ0) is 22.1. The van der Waals surface area contributed by atoms with E-state index < -0.39 is 11.6 Å². The number of benzene rings is 2. The van der Waals surface area contributed by atoms with Crippen molar-refractivity contribution in [1.82, 2.24) is 0 Å². The van der Waals surface area contributed by atoms with Gasteiger partial charge in [0.15, 0.2) is 22.7 Å². The van der Waals surface area contributed by atoms with E-state index in [9.17, 15) is 0 Å². The van der Waals surface area contributed by atoms with Gasteiger partial charge in [-0.15, -0.1) is 0 Å². The fraction of sp³-hybridized carbons (Fsp3) is 0.538. The van der Waals surface area contributed by atoms with Crippen LogP contribution in [0.2, 0.25) is 0 Å². The summed E-state index contributed by atoms with van der Waals surface area (Å²) in [5.74, 6) is 0.339. The van der Waals surface area contributed by atoms with E-state index in [1.54, 1.807) is 24.3 Å². The molecule has 2 aromatic carbocycles. The first-order chi connectivity index (χ1) is 15.6. The number of halogens is 2. The number of furan rings is 1. The van der Waals surface area contributed by atoms with Crippen LogP contribution in [0.4, 0.5) is 8.78 Å². The van der Waals surface area contributed by atoms with Gasteiger partial charge in [0, 0.05) is 17.2 Å². The van der Waals surface area contributed by atoms with Crippen LogP contribution in [0.1, 0.15) is 51.9 Å². The third-order valence-electron chi connectivity index (χ3n) is 6.94. The van der Waals surface area contributed by atoms with Gasteiger partial charge in [-0.2, -0.15) is 8.78 Å². The van der Waals surface area contributed by atoms with Crippen molar-refractivity contribution in [2.24, 2.45) is 11.8 Å². The summed E-state index contributed by atoms with van der Waals surface area (Å²) in [5, 5.41) is 1.05. The number of fused-ring (bicyclic) bond motifs is 3. The lowest BCUT2D eigenvalue weighted by molar-refractivity contribution is 0.138. The Bertz CT molecular complexity index is 1080. The van der Waals surface area contributed by atoms with Crippen LogP contribution in [0.5, 0.6) is 11.5 Å². The van der Waals surface area contributed by atoms with Gasteiger partial charge < -0.3 is 18.6 Å². The topological polar surface area (TPSA) is 40.8 Å². The zero-order valence-corrected chi connectivity index (χ0v) is 18.5. The van der Waals surface area contributed by atoms with Crippen molar-refractivity contribution >= 4 is 21.9 Å². The highest BCUT2D eigenvalue weighted by molar-refractivity contribution is 6.06. The lowest BCUT2D eigenvalue weighted by atomic mass is 9.80. The molecule has 1 aliphatic heterocycles. The van der Waals surface area contributed by atoms with E-state index in [-0.39, 0.29) is 28.8 Å². The van der Waals surface area contributed by atoms with Crippen molar-refractivity contribution in [2.75, 3.05) is 19.8 Å². The molecule has 1 aliphatic carbocycles. The molecule has 2 aliphatic rings. The molecule has 4 nitrogen and oxygen atoms in total. The van der Waals surface area contributed by atoms with Crippen LogP contribution < -0.4 is 9.47 Å². The molecule has 0 bridgehead atoms. The zero-order valence-electron chi connectivity index (χ0n) is 18.5. The molecule has 0 radical (unpaired) electrons. The Kier molecular flexibility index (Phi) is 6.22. The SMILES string of the molecule is CCCC1CCC(COc2ccc3c(oc4c(F)c(OC5CCOC5)ccc43)c2F)CC1. The predicted octanol–water partition coefficient (Wildman–Crippen LogP) is 7.02. The van der Waals surface area contributed by atoms with Crippen LogP contribution in [0, 0.1) is 23.5 Å². The summed E-state index contributed by atoms with van der Waals surface area (Å²) >= 11 is 0. The van der Waals surface area contributed by atoms with E-state index >= 15 is 8.78 Å². The number of ether oxygens (including phenoxy) is 3. The van der Waals surface area contributed by atoms with E-state index in [1.807, 2.05) is 0 Å². The van der Waals surface area contributed by atoms with Crippen LogP contribution in [0.25, 0.3) is 21.9 Å². The van der Waals surface area contributed by atoms with Crippen molar-refractivity contribution in [2.45, 2.75) is 58.0 Å². The van der Waals surface area contributed by atoms with Gasteiger partial charge in [0.05, 0.1) is 19.8 Å². The monoisotopic (exact) mass is 444 g/mol. The molecule has 1 unspecified atom stereocenters. The number of hydrogen-bond donors (Lipinski definition) is 0. The van der Waals surface area contributed by atoms with Crippen molar-refractivity contribution in [3.05, 3.63) is 35.9 Å². The first-order valence-corrected chi connectivity index (χ1v) is 11.8. The van der Waals surface area contributed by atoms with Gasteiger partial charge in [-0.25, -0.2) is 0 Å². The highest BCUT2D eigenvalue weighted by atomic mass is 19.1. The molecule has 32 heavy (non-hydrogen) atoms.